The van der Waals surface area contributed by atoms with Gasteiger partial charge in [-0.3, -0.25) is 0 Å². The van der Waals surface area contributed by atoms with Gasteiger partial charge in [-0.05, 0) is 34.2 Å². The molecule has 0 saturated heterocycles. The van der Waals surface area contributed by atoms with Crippen LogP contribution in [0.4, 0.5) is 0 Å². The topological polar surface area (TPSA) is 9.23 Å². The third-order valence-corrected chi connectivity index (χ3v) is 3.51. The predicted octanol–water partition coefficient (Wildman–Crippen LogP) is 4.68. The first-order valence-corrected chi connectivity index (χ1v) is 6.43. The van der Waals surface area contributed by atoms with E-state index in [9.17, 15) is 0 Å². The summed E-state index contributed by atoms with van der Waals surface area (Å²) in [7, 11) is 0. The van der Waals surface area contributed by atoms with E-state index < -0.39 is 0 Å². The summed E-state index contributed by atoms with van der Waals surface area (Å²) in [6.45, 7) is 6.68. The molecule has 0 aromatic heterocycles. The molecule has 0 N–H and O–H groups in total. The zero-order valence-corrected chi connectivity index (χ0v) is 11.2. The lowest BCUT2D eigenvalue weighted by Gasteiger charge is -2.24. The highest BCUT2D eigenvalue weighted by Gasteiger charge is 2.20. The van der Waals surface area contributed by atoms with E-state index in [4.69, 9.17) is 4.74 Å². The van der Waals surface area contributed by atoms with E-state index in [1.807, 2.05) is 12.1 Å². The molecule has 0 saturated carbocycles. The van der Waals surface area contributed by atoms with E-state index >= 15 is 0 Å². The Labute approximate surface area is 108 Å². The number of hydrogen-bond acceptors (Lipinski definition) is 1. The van der Waals surface area contributed by atoms with Crippen LogP contribution in [0, 0.1) is 0 Å². The van der Waals surface area contributed by atoms with Gasteiger partial charge in [-0.25, -0.2) is 0 Å². The van der Waals surface area contributed by atoms with E-state index in [0.717, 1.165) is 17.9 Å². The second kappa shape index (κ2) is 3.88. The molecule has 0 radical (unpaired) electrons. The molecule has 0 unspecified atom stereocenters. The van der Waals surface area contributed by atoms with Crippen LogP contribution in [0.5, 0.6) is 11.5 Å². The molecule has 0 aliphatic carbocycles. The van der Waals surface area contributed by atoms with Gasteiger partial charge in [0.15, 0.2) is 0 Å². The van der Waals surface area contributed by atoms with Crippen LogP contribution < -0.4 is 4.74 Å². The van der Waals surface area contributed by atoms with Crippen molar-refractivity contribution in [3.8, 4) is 11.5 Å². The van der Waals surface area contributed by atoms with Crippen LogP contribution in [0.1, 0.15) is 37.5 Å². The highest BCUT2D eigenvalue weighted by molar-refractivity contribution is 5.51. The number of rotatable bonds is 0. The third-order valence-electron chi connectivity index (χ3n) is 3.51. The van der Waals surface area contributed by atoms with Gasteiger partial charge in [-0.1, -0.05) is 51.1 Å². The maximum atomic E-state index is 6.01. The molecule has 18 heavy (non-hydrogen) atoms. The van der Waals surface area contributed by atoms with Crippen molar-refractivity contribution in [3.63, 3.8) is 0 Å². The SMILES string of the molecule is CC(C)(C)c1ccc2c(c1)Oc1ccccc1C2. The highest BCUT2D eigenvalue weighted by Crippen LogP contribution is 2.38. The molecule has 0 amide bonds. The average molecular weight is 238 g/mol. The fourth-order valence-electron chi connectivity index (χ4n) is 2.34. The first-order valence-electron chi connectivity index (χ1n) is 6.43. The molecular weight excluding hydrogens is 220 g/mol. The summed E-state index contributed by atoms with van der Waals surface area (Å²) < 4.78 is 6.01. The molecule has 0 bridgehead atoms. The molecule has 1 heterocycles. The second-order valence-electron chi connectivity index (χ2n) is 5.96. The first kappa shape index (κ1) is 11.3. The normalized spacial score (nSPS) is 13.5. The third kappa shape index (κ3) is 1.90. The number of ether oxygens (including phenoxy) is 1. The Morgan fingerprint density at radius 2 is 1.61 bits per heavy atom. The summed E-state index contributed by atoms with van der Waals surface area (Å²) in [5, 5.41) is 0. The molecule has 1 heteroatoms. The molecule has 3 rings (SSSR count). The monoisotopic (exact) mass is 238 g/mol. The number of benzene rings is 2. The van der Waals surface area contributed by atoms with E-state index in [-0.39, 0.29) is 5.41 Å². The summed E-state index contributed by atoms with van der Waals surface area (Å²) in [4.78, 5) is 0. The van der Waals surface area contributed by atoms with E-state index in [1.165, 1.54) is 16.7 Å². The summed E-state index contributed by atoms with van der Waals surface area (Å²) in [6, 6.07) is 14.9. The van der Waals surface area contributed by atoms with Crippen molar-refractivity contribution in [2.45, 2.75) is 32.6 Å². The van der Waals surface area contributed by atoms with Crippen LogP contribution in [0.25, 0.3) is 0 Å². The first-order chi connectivity index (χ1) is 8.54. The Morgan fingerprint density at radius 1 is 0.889 bits per heavy atom. The number of para-hydroxylation sites is 1. The van der Waals surface area contributed by atoms with E-state index in [2.05, 4.69) is 51.1 Å². The predicted molar refractivity (Wildman–Crippen MR) is 74.5 cm³/mol. The smallest absolute Gasteiger partial charge is 0.131 e. The van der Waals surface area contributed by atoms with Crippen molar-refractivity contribution in [3.05, 3.63) is 59.2 Å². The van der Waals surface area contributed by atoms with Crippen molar-refractivity contribution in [1.82, 2.24) is 0 Å². The lowest BCUT2D eigenvalue weighted by atomic mass is 9.85. The van der Waals surface area contributed by atoms with Gasteiger partial charge in [0, 0.05) is 6.42 Å². The van der Waals surface area contributed by atoms with Crippen LogP contribution in [-0.4, -0.2) is 0 Å². The Morgan fingerprint density at radius 3 is 2.39 bits per heavy atom. The Hall–Kier alpha value is -1.76. The van der Waals surface area contributed by atoms with Gasteiger partial charge in [-0.15, -0.1) is 0 Å². The molecule has 1 nitrogen and oxygen atoms in total. The fourth-order valence-corrected chi connectivity index (χ4v) is 2.34. The molecule has 0 spiro atoms. The Bertz CT molecular complexity index is 591. The molecule has 1 aliphatic heterocycles. The maximum Gasteiger partial charge on any atom is 0.131 e. The van der Waals surface area contributed by atoms with Crippen LogP contribution >= 0.6 is 0 Å². The van der Waals surface area contributed by atoms with Gasteiger partial charge in [0.1, 0.15) is 11.5 Å². The minimum atomic E-state index is 0.162. The lowest BCUT2D eigenvalue weighted by molar-refractivity contribution is 0.456. The van der Waals surface area contributed by atoms with Crippen molar-refractivity contribution < 1.29 is 4.74 Å². The lowest BCUT2D eigenvalue weighted by Crippen LogP contribution is -2.12. The maximum absolute atomic E-state index is 6.01. The van der Waals surface area contributed by atoms with E-state index in [1.54, 1.807) is 0 Å². The minimum absolute atomic E-state index is 0.162. The average Bonchev–Trinajstić information content (AvgIpc) is 2.34. The van der Waals surface area contributed by atoms with Crippen LogP contribution in [0.2, 0.25) is 0 Å². The molecule has 2 aromatic carbocycles. The Kier molecular flexibility index (Phi) is 2.44. The zero-order valence-electron chi connectivity index (χ0n) is 11.2. The molecule has 92 valence electrons. The summed E-state index contributed by atoms with van der Waals surface area (Å²) in [5.74, 6) is 2.01. The molecule has 0 fully saturated rings. The molecule has 1 aliphatic rings. The van der Waals surface area contributed by atoms with Crippen molar-refractivity contribution in [2.24, 2.45) is 0 Å². The quantitative estimate of drug-likeness (QED) is 0.552. The van der Waals surface area contributed by atoms with Crippen LogP contribution in [0.3, 0.4) is 0 Å². The number of fused-ring (bicyclic) bond motifs is 2. The number of hydrogen-bond donors (Lipinski definition) is 0. The molecule has 0 atom stereocenters. The highest BCUT2D eigenvalue weighted by atomic mass is 16.5. The Balaban J connectivity index is 2.04. The summed E-state index contributed by atoms with van der Waals surface area (Å²) >= 11 is 0. The standard InChI is InChI=1S/C17H18O/c1-17(2,3)14-9-8-13-10-12-6-4-5-7-15(12)18-16(13)11-14/h4-9,11H,10H2,1-3H3. The molecule has 2 aromatic rings. The second-order valence-corrected chi connectivity index (χ2v) is 5.96. The van der Waals surface area contributed by atoms with Crippen LogP contribution in [-0.2, 0) is 11.8 Å². The van der Waals surface area contributed by atoms with Gasteiger partial charge in [0.05, 0.1) is 0 Å². The van der Waals surface area contributed by atoms with Crippen molar-refractivity contribution in [1.29, 1.82) is 0 Å². The largest absolute Gasteiger partial charge is 0.457 e. The van der Waals surface area contributed by atoms with Crippen molar-refractivity contribution in [2.75, 3.05) is 0 Å². The van der Waals surface area contributed by atoms with Gasteiger partial charge < -0.3 is 4.74 Å². The summed E-state index contributed by atoms with van der Waals surface area (Å²) in [5.41, 5.74) is 4.03. The molecular formula is C17H18O. The van der Waals surface area contributed by atoms with Crippen LogP contribution in [0.15, 0.2) is 42.5 Å². The minimum Gasteiger partial charge on any atom is -0.457 e. The summed E-state index contributed by atoms with van der Waals surface area (Å²) in [6.07, 6.45) is 0.968. The zero-order chi connectivity index (χ0) is 12.8. The van der Waals surface area contributed by atoms with Gasteiger partial charge in [0.25, 0.3) is 0 Å². The van der Waals surface area contributed by atoms with E-state index in [0.29, 0.717) is 0 Å². The van der Waals surface area contributed by atoms with Crippen molar-refractivity contribution >= 4 is 0 Å². The fraction of sp³-hybridized carbons (Fsp3) is 0.294. The van der Waals surface area contributed by atoms with Gasteiger partial charge >= 0.3 is 0 Å². The van der Waals surface area contributed by atoms with Gasteiger partial charge in [-0.2, -0.15) is 0 Å². The van der Waals surface area contributed by atoms with Gasteiger partial charge in [0.2, 0.25) is 0 Å².